The van der Waals surface area contributed by atoms with Crippen molar-refractivity contribution in [3.63, 3.8) is 0 Å². The minimum atomic E-state index is 0.612. The van der Waals surface area contributed by atoms with Crippen molar-refractivity contribution in [2.75, 3.05) is 0 Å². The fourth-order valence-electron chi connectivity index (χ4n) is 7.42. The molecular formula is C46H31N5. The van der Waals surface area contributed by atoms with Crippen LogP contribution in [-0.2, 0) is 0 Å². The first kappa shape index (κ1) is 29.1. The summed E-state index contributed by atoms with van der Waals surface area (Å²) in [6, 6.07) is 59.3. The molecule has 0 atom stereocenters. The quantitative estimate of drug-likeness (QED) is 0.186. The van der Waals surface area contributed by atoms with Gasteiger partial charge in [-0.2, -0.15) is 0 Å². The van der Waals surface area contributed by atoms with E-state index >= 15 is 0 Å². The maximum absolute atomic E-state index is 5.40. The first-order valence-corrected chi connectivity index (χ1v) is 17.3. The van der Waals surface area contributed by atoms with Crippen molar-refractivity contribution < 1.29 is 0 Å². The summed E-state index contributed by atoms with van der Waals surface area (Å²) in [7, 11) is 0. The summed E-state index contributed by atoms with van der Waals surface area (Å²) in [5, 5.41) is 4.62. The zero-order valence-electron chi connectivity index (χ0n) is 27.7. The van der Waals surface area contributed by atoms with Crippen molar-refractivity contribution in [3.05, 3.63) is 187 Å². The molecule has 5 nitrogen and oxygen atoms in total. The standard InChI is InChI=1S/C46H31N5/c1-5-15-31(16-6-1)39-26-28-43(48-45(47-39)32-17-7-2-8-18-32)51-40-24-14-13-23-36(40)38-29-34-25-27-41-44(37(34)30-42(38)51)49-46(33-19-9-3-10-20-33)50(41)35-21-11-4-12-22-35/h1-27,29-30H,28H2. The van der Waals surface area contributed by atoms with Crippen LogP contribution in [0, 0.1) is 0 Å². The van der Waals surface area contributed by atoms with Crippen LogP contribution in [0.4, 0.5) is 0 Å². The van der Waals surface area contributed by atoms with Crippen LogP contribution in [0.15, 0.2) is 186 Å². The van der Waals surface area contributed by atoms with E-state index in [-0.39, 0.29) is 0 Å². The van der Waals surface area contributed by atoms with Crippen LogP contribution >= 0.6 is 0 Å². The second-order valence-corrected chi connectivity index (χ2v) is 12.8. The highest BCUT2D eigenvalue weighted by atomic mass is 15.1. The van der Waals surface area contributed by atoms with E-state index < -0.39 is 0 Å². The molecule has 2 aromatic heterocycles. The number of amidine groups is 1. The third-order valence-electron chi connectivity index (χ3n) is 9.78. The van der Waals surface area contributed by atoms with Gasteiger partial charge in [-0.25, -0.2) is 15.0 Å². The van der Waals surface area contributed by atoms with Gasteiger partial charge in [-0.05, 0) is 47.3 Å². The van der Waals surface area contributed by atoms with Gasteiger partial charge in [0.15, 0.2) is 5.84 Å². The van der Waals surface area contributed by atoms with Gasteiger partial charge in [-0.3, -0.25) is 9.13 Å². The number of allylic oxidation sites excluding steroid dienone is 1. The first-order chi connectivity index (χ1) is 25.3. The average molecular weight is 654 g/mol. The summed E-state index contributed by atoms with van der Waals surface area (Å²) in [6.07, 6.45) is 2.82. The Kier molecular flexibility index (Phi) is 6.81. The average Bonchev–Trinajstić information content (AvgIpc) is 3.66. The molecule has 0 saturated heterocycles. The molecule has 7 aromatic carbocycles. The summed E-state index contributed by atoms with van der Waals surface area (Å²) in [5.41, 5.74) is 9.35. The summed E-state index contributed by atoms with van der Waals surface area (Å²) in [5.74, 6) is 2.53. The van der Waals surface area contributed by atoms with Gasteiger partial charge < -0.3 is 0 Å². The van der Waals surface area contributed by atoms with E-state index in [0.717, 1.165) is 72.6 Å². The number of benzene rings is 7. The lowest BCUT2D eigenvalue weighted by molar-refractivity contribution is 1.10. The van der Waals surface area contributed by atoms with Gasteiger partial charge in [0.2, 0.25) is 0 Å². The fourth-order valence-corrected chi connectivity index (χ4v) is 7.42. The molecule has 0 N–H and O–H groups in total. The number of nitrogens with zero attached hydrogens (tertiary/aromatic N) is 5. The Labute approximate surface area is 294 Å². The summed E-state index contributed by atoms with van der Waals surface area (Å²) in [6.45, 7) is 0. The summed E-state index contributed by atoms with van der Waals surface area (Å²) < 4.78 is 4.61. The molecule has 5 heteroatoms. The summed E-state index contributed by atoms with van der Waals surface area (Å²) >= 11 is 0. The maximum Gasteiger partial charge on any atom is 0.161 e. The molecule has 0 amide bonds. The molecule has 0 unspecified atom stereocenters. The molecule has 0 fully saturated rings. The molecule has 3 heterocycles. The molecule has 1 aliphatic rings. The lowest BCUT2D eigenvalue weighted by Gasteiger charge is -2.11. The van der Waals surface area contributed by atoms with Gasteiger partial charge >= 0.3 is 0 Å². The second kappa shape index (κ2) is 11.9. The Balaban J connectivity index is 1.25. The molecule has 0 saturated carbocycles. The predicted octanol–water partition coefficient (Wildman–Crippen LogP) is 11.1. The number of aliphatic imine (C=N–C) groups is 2. The molecule has 240 valence electrons. The zero-order valence-corrected chi connectivity index (χ0v) is 27.7. The smallest absolute Gasteiger partial charge is 0.161 e. The third kappa shape index (κ3) is 4.90. The number of rotatable bonds is 4. The number of para-hydroxylation sites is 2. The van der Waals surface area contributed by atoms with Crippen LogP contribution in [0.25, 0.3) is 66.4 Å². The van der Waals surface area contributed by atoms with Crippen molar-refractivity contribution in [2.45, 2.75) is 6.42 Å². The van der Waals surface area contributed by atoms with E-state index in [4.69, 9.17) is 15.0 Å². The van der Waals surface area contributed by atoms with E-state index in [0.29, 0.717) is 12.3 Å². The molecule has 0 bridgehead atoms. The molecule has 0 spiro atoms. The second-order valence-electron chi connectivity index (χ2n) is 12.8. The van der Waals surface area contributed by atoms with Crippen LogP contribution < -0.4 is 0 Å². The SMILES string of the molecule is C1=C(c2ccccc2)N=C(c2ccccc2)N=C(n2c3ccccc3c3cc4ccc5c(nc(-c6ccccc6)n5-c5ccccc5)c4cc32)C1. The normalized spacial score (nSPS) is 13.4. The van der Waals surface area contributed by atoms with Crippen LogP contribution in [-0.4, -0.2) is 25.8 Å². The Morgan fingerprint density at radius 2 is 1.10 bits per heavy atom. The number of hydrogen-bond donors (Lipinski definition) is 0. The largest absolute Gasteiger partial charge is 0.297 e. The third-order valence-corrected chi connectivity index (χ3v) is 9.78. The van der Waals surface area contributed by atoms with Crippen LogP contribution in [0.5, 0.6) is 0 Å². The first-order valence-electron chi connectivity index (χ1n) is 17.3. The lowest BCUT2D eigenvalue weighted by Crippen LogP contribution is -2.13. The van der Waals surface area contributed by atoms with E-state index in [9.17, 15) is 0 Å². The van der Waals surface area contributed by atoms with E-state index in [2.05, 4.69) is 155 Å². The Hall–Kier alpha value is -6.85. The van der Waals surface area contributed by atoms with Crippen LogP contribution in [0.2, 0.25) is 0 Å². The van der Waals surface area contributed by atoms with Crippen molar-refractivity contribution in [2.24, 2.45) is 9.98 Å². The molecular weight excluding hydrogens is 623 g/mol. The van der Waals surface area contributed by atoms with Gasteiger partial charge in [-0.15, -0.1) is 0 Å². The predicted molar refractivity (Wildman–Crippen MR) is 212 cm³/mol. The molecule has 9 aromatic rings. The molecule has 0 aliphatic carbocycles. The van der Waals surface area contributed by atoms with Gasteiger partial charge in [0, 0.05) is 39.4 Å². The monoisotopic (exact) mass is 653 g/mol. The molecule has 51 heavy (non-hydrogen) atoms. The summed E-state index contributed by atoms with van der Waals surface area (Å²) in [4.78, 5) is 15.9. The van der Waals surface area contributed by atoms with Crippen molar-refractivity contribution in [1.82, 2.24) is 14.1 Å². The van der Waals surface area contributed by atoms with Crippen LogP contribution in [0.3, 0.4) is 0 Å². The van der Waals surface area contributed by atoms with Crippen molar-refractivity contribution >= 4 is 61.0 Å². The van der Waals surface area contributed by atoms with Crippen molar-refractivity contribution in [1.29, 1.82) is 0 Å². The van der Waals surface area contributed by atoms with Gasteiger partial charge in [-0.1, -0.05) is 140 Å². The van der Waals surface area contributed by atoms with Crippen molar-refractivity contribution in [3.8, 4) is 17.1 Å². The Morgan fingerprint density at radius 3 is 1.84 bits per heavy atom. The fraction of sp³-hybridized carbons (Fsp3) is 0.0217. The number of imidazole rings is 1. The molecule has 0 radical (unpaired) electrons. The van der Waals surface area contributed by atoms with E-state index in [1.54, 1.807) is 0 Å². The highest BCUT2D eigenvalue weighted by molar-refractivity contribution is 6.22. The number of aromatic nitrogens is 3. The highest BCUT2D eigenvalue weighted by Crippen LogP contribution is 2.38. The number of fused-ring (bicyclic) bond motifs is 6. The molecule has 1 aliphatic heterocycles. The Morgan fingerprint density at radius 1 is 0.451 bits per heavy atom. The number of hydrogen-bond acceptors (Lipinski definition) is 3. The van der Waals surface area contributed by atoms with Gasteiger partial charge in [0.05, 0.1) is 27.8 Å². The van der Waals surface area contributed by atoms with Gasteiger partial charge in [0.25, 0.3) is 0 Å². The van der Waals surface area contributed by atoms with E-state index in [1.165, 1.54) is 10.8 Å². The van der Waals surface area contributed by atoms with E-state index in [1.807, 2.05) is 30.3 Å². The topological polar surface area (TPSA) is 47.5 Å². The van der Waals surface area contributed by atoms with Crippen LogP contribution in [0.1, 0.15) is 17.5 Å². The molecule has 10 rings (SSSR count). The van der Waals surface area contributed by atoms with Gasteiger partial charge in [0.1, 0.15) is 11.7 Å². The lowest BCUT2D eigenvalue weighted by atomic mass is 10.0. The Bertz CT molecular complexity index is 2840. The zero-order chi connectivity index (χ0) is 33.7. The minimum absolute atomic E-state index is 0.612. The highest BCUT2D eigenvalue weighted by Gasteiger charge is 2.21. The maximum atomic E-state index is 5.40. The minimum Gasteiger partial charge on any atom is -0.297 e.